The van der Waals surface area contributed by atoms with Crippen LogP contribution in [0, 0.1) is 0 Å². The second kappa shape index (κ2) is 4.07. The predicted octanol–water partition coefficient (Wildman–Crippen LogP) is 3.85. The van der Waals surface area contributed by atoms with Gasteiger partial charge in [0.15, 0.2) is 0 Å². The zero-order chi connectivity index (χ0) is 11.8. The fourth-order valence-corrected chi connectivity index (χ4v) is 2.67. The molecule has 2 N–H and O–H groups in total. The van der Waals surface area contributed by atoms with Crippen molar-refractivity contribution in [2.75, 3.05) is 0 Å². The van der Waals surface area contributed by atoms with Crippen molar-refractivity contribution in [3.05, 3.63) is 35.2 Å². The number of hydrogen-bond acceptors (Lipinski definition) is 2. The molecule has 0 unspecified atom stereocenters. The van der Waals surface area contributed by atoms with Gasteiger partial charge in [0.2, 0.25) is 0 Å². The Hall–Kier alpha value is -1.07. The number of nitrogens with two attached hydrogens (primary N) is 1. The third kappa shape index (κ3) is 2.36. The summed E-state index contributed by atoms with van der Waals surface area (Å²) in [5, 5.41) is 2.53. The molecule has 1 heterocycles. The van der Waals surface area contributed by atoms with Crippen molar-refractivity contribution in [3.63, 3.8) is 0 Å². The fourth-order valence-electron chi connectivity index (χ4n) is 1.64. The van der Waals surface area contributed by atoms with Gasteiger partial charge in [0.05, 0.1) is 6.42 Å². The molecule has 1 nitrogen and oxygen atoms in total. The number of alkyl halides is 3. The standard InChI is InChI=1S/C11H10F3NS/c12-11(13,14)5-9(15)8-6-16-10-4-2-1-3-7(8)10/h1-4,6,9H,5,15H2/t9-/m1/s1. The zero-order valence-corrected chi connectivity index (χ0v) is 9.11. The van der Waals surface area contributed by atoms with Gasteiger partial charge in [-0.3, -0.25) is 0 Å². The smallest absolute Gasteiger partial charge is 0.324 e. The van der Waals surface area contributed by atoms with Gasteiger partial charge in [-0.1, -0.05) is 18.2 Å². The summed E-state index contributed by atoms with van der Waals surface area (Å²) in [6.45, 7) is 0. The van der Waals surface area contributed by atoms with Crippen molar-refractivity contribution in [1.29, 1.82) is 0 Å². The summed E-state index contributed by atoms with van der Waals surface area (Å²) in [7, 11) is 0. The minimum Gasteiger partial charge on any atom is -0.324 e. The molecular formula is C11H10F3NS. The van der Waals surface area contributed by atoms with Gasteiger partial charge >= 0.3 is 6.18 Å². The molecule has 2 rings (SSSR count). The van der Waals surface area contributed by atoms with Gasteiger partial charge in [-0.25, -0.2) is 0 Å². The predicted molar refractivity (Wildman–Crippen MR) is 59.4 cm³/mol. The minimum absolute atomic E-state index is 0.581. The van der Waals surface area contributed by atoms with E-state index in [9.17, 15) is 13.2 Å². The van der Waals surface area contributed by atoms with E-state index < -0.39 is 18.6 Å². The molecular weight excluding hydrogens is 235 g/mol. The van der Waals surface area contributed by atoms with E-state index in [1.54, 1.807) is 17.5 Å². The highest BCUT2D eigenvalue weighted by atomic mass is 32.1. The molecule has 0 fully saturated rings. The van der Waals surface area contributed by atoms with E-state index in [-0.39, 0.29) is 0 Å². The van der Waals surface area contributed by atoms with Gasteiger partial charge in [0, 0.05) is 10.7 Å². The van der Waals surface area contributed by atoms with E-state index in [4.69, 9.17) is 5.73 Å². The molecule has 0 aliphatic carbocycles. The second-order valence-corrected chi connectivity index (χ2v) is 4.52. The summed E-state index contributed by atoms with van der Waals surface area (Å²) < 4.78 is 37.6. The molecule has 2 aromatic rings. The summed E-state index contributed by atoms with van der Waals surface area (Å²) in [5.74, 6) is 0. The van der Waals surface area contributed by atoms with Crippen molar-refractivity contribution in [3.8, 4) is 0 Å². The first kappa shape index (κ1) is 11.4. The monoisotopic (exact) mass is 245 g/mol. The zero-order valence-electron chi connectivity index (χ0n) is 8.29. The Morgan fingerprint density at radius 2 is 1.94 bits per heavy atom. The summed E-state index contributed by atoms with van der Waals surface area (Å²) in [4.78, 5) is 0. The maximum absolute atomic E-state index is 12.2. The van der Waals surface area contributed by atoms with E-state index in [0.717, 1.165) is 10.1 Å². The Kier molecular flexibility index (Phi) is 2.90. The molecule has 0 aliphatic heterocycles. The van der Waals surface area contributed by atoms with Crippen LogP contribution in [-0.2, 0) is 0 Å². The van der Waals surface area contributed by atoms with E-state index in [1.807, 2.05) is 12.1 Å². The first-order valence-corrected chi connectivity index (χ1v) is 5.64. The molecule has 0 saturated heterocycles. The second-order valence-electron chi connectivity index (χ2n) is 3.61. The summed E-state index contributed by atoms with van der Waals surface area (Å²) >= 11 is 1.42. The van der Waals surface area contributed by atoms with Crippen LogP contribution in [0.15, 0.2) is 29.6 Å². The van der Waals surface area contributed by atoms with E-state index in [0.29, 0.717) is 5.56 Å². The quantitative estimate of drug-likeness (QED) is 0.854. The van der Waals surface area contributed by atoms with Crippen molar-refractivity contribution in [2.45, 2.75) is 18.6 Å². The molecule has 16 heavy (non-hydrogen) atoms. The minimum atomic E-state index is -4.22. The molecule has 0 aliphatic rings. The lowest BCUT2D eigenvalue weighted by Crippen LogP contribution is -2.19. The van der Waals surface area contributed by atoms with Crippen molar-refractivity contribution in [1.82, 2.24) is 0 Å². The van der Waals surface area contributed by atoms with Crippen LogP contribution < -0.4 is 5.73 Å². The summed E-state index contributed by atoms with van der Waals surface area (Å²) in [6.07, 6.45) is -5.20. The lowest BCUT2D eigenvalue weighted by atomic mass is 10.0. The number of rotatable bonds is 2. The van der Waals surface area contributed by atoms with Gasteiger partial charge < -0.3 is 5.73 Å². The lowest BCUT2D eigenvalue weighted by molar-refractivity contribution is -0.138. The normalized spacial score (nSPS) is 14.2. The maximum Gasteiger partial charge on any atom is 0.390 e. The molecule has 5 heteroatoms. The van der Waals surface area contributed by atoms with Crippen LogP contribution in [0.25, 0.3) is 10.1 Å². The Labute approximate surface area is 94.7 Å². The highest BCUT2D eigenvalue weighted by Crippen LogP contribution is 2.34. The van der Waals surface area contributed by atoms with Gasteiger partial charge in [-0.05, 0) is 22.4 Å². The molecule has 1 aromatic heterocycles. The third-order valence-corrected chi connectivity index (χ3v) is 3.34. The van der Waals surface area contributed by atoms with Crippen molar-refractivity contribution in [2.24, 2.45) is 5.73 Å². The van der Waals surface area contributed by atoms with Crippen LogP contribution in [-0.4, -0.2) is 6.18 Å². The molecule has 1 atom stereocenters. The Morgan fingerprint density at radius 3 is 2.62 bits per heavy atom. The molecule has 0 bridgehead atoms. The molecule has 0 saturated carbocycles. The van der Waals surface area contributed by atoms with Crippen LogP contribution in [0.5, 0.6) is 0 Å². The Morgan fingerprint density at radius 1 is 1.25 bits per heavy atom. The first-order chi connectivity index (χ1) is 7.47. The van der Waals surface area contributed by atoms with Gasteiger partial charge in [0.25, 0.3) is 0 Å². The number of fused-ring (bicyclic) bond motifs is 1. The number of halogens is 3. The summed E-state index contributed by atoms with van der Waals surface area (Å²) in [6, 6.07) is 6.37. The van der Waals surface area contributed by atoms with Crippen LogP contribution in [0.1, 0.15) is 18.0 Å². The average molecular weight is 245 g/mol. The lowest BCUT2D eigenvalue weighted by Gasteiger charge is -2.13. The van der Waals surface area contributed by atoms with Crippen LogP contribution >= 0.6 is 11.3 Å². The maximum atomic E-state index is 12.2. The SMILES string of the molecule is N[C@H](CC(F)(F)F)c1csc2ccccc12. The topological polar surface area (TPSA) is 26.0 Å². The van der Waals surface area contributed by atoms with E-state index in [1.165, 1.54) is 11.3 Å². The van der Waals surface area contributed by atoms with Crippen molar-refractivity contribution < 1.29 is 13.2 Å². The molecule has 1 aromatic carbocycles. The van der Waals surface area contributed by atoms with Crippen molar-refractivity contribution >= 4 is 21.4 Å². The number of hydrogen-bond donors (Lipinski definition) is 1. The van der Waals surface area contributed by atoms with Crippen LogP contribution in [0.4, 0.5) is 13.2 Å². The van der Waals surface area contributed by atoms with Gasteiger partial charge in [-0.2, -0.15) is 13.2 Å². The highest BCUT2D eigenvalue weighted by Gasteiger charge is 2.31. The van der Waals surface area contributed by atoms with Crippen LogP contribution in [0.2, 0.25) is 0 Å². The van der Waals surface area contributed by atoms with E-state index >= 15 is 0 Å². The molecule has 0 amide bonds. The Bertz CT molecular complexity index is 489. The molecule has 0 spiro atoms. The number of thiophene rings is 1. The largest absolute Gasteiger partial charge is 0.390 e. The highest BCUT2D eigenvalue weighted by molar-refractivity contribution is 7.17. The summed E-state index contributed by atoms with van der Waals surface area (Å²) in [5.41, 5.74) is 6.16. The van der Waals surface area contributed by atoms with Gasteiger partial charge in [-0.15, -0.1) is 11.3 Å². The third-order valence-electron chi connectivity index (χ3n) is 2.36. The first-order valence-electron chi connectivity index (χ1n) is 4.76. The number of benzene rings is 1. The molecule has 86 valence electrons. The molecule has 0 radical (unpaired) electrons. The average Bonchev–Trinajstić information content (AvgIpc) is 2.58. The van der Waals surface area contributed by atoms with Gasteiger partial charge in [0.1, 0.15) is 0 Å². The van der Waals surface area contributed by atoms with E-state index in [2.05, 4.69) is 0 Å². The van der Waals surface area contributed by atoms with Crippen LogP contribution in [0.3, 0.4) is 0 Å². The Balaban J connectivity index is 2.33. The fraction of sp³-hybridized carbons (Fsp3) is 0.273.